The molecule has 0 amide bonds. The van der Waals surface area contributed by atoms with Crippen molar-refractivity contribution in [2.45, 2.75) is 13.2 Å². The van der Waals surface area contributed by atoms with Crippen molar-refractivity contribution < 1.29 is 29.2 Å². The Bertz CT molecular complexity index is 892. The predicted molar refractivity (Wildman–Crippen MR) is 111 cm³/mol. The van der Waals surface area contributed by atoms with Gasteiger partial charge >= 0.3 is 11.4 Å². The van der Waals surface area contributed by atoms with E-state index in [-0.39, 0.29) is 29.5 Å². The zero-order valence-electron chi connectivity index (χ0n) is 15.7. The fourth-order valence-corrected chi connectivity index (χ4v) is 3.60. The number of hydrogen-bond donors (Lipinski definition) is 1. The molecule has 0 radical (unpaired) electrons. The van der Waals surface area contributed by atoms with Crippen LogP contribution in [0.25, 0.3) is 0 Å². The van der Waals surface area contributed by atoms with Crippen LogP contribution < -0.4 is 9.47 Å². The molecule has 0 aliphatic heterocycles. The number of halogens is 2. The van der Waals surface area contributed by atoms with Gasteiger partial charge in [0.05, 0.1) is 46.2 Å². The zero-order chi connectivity index (χ0) is 22.1. The highest BCUT2D eigenvalue weighted by molar-refractivity contribution is 9.11. The van der Waals surface area contributed by atoms with E-state index in [0.29, 0.717) is 21.1 Å². The van der Waals surface area contributed by atoms with Crippen molar-refractivity contribution >= 4 is 43.2 Å². The SMILES string of the molecule is COCc1cc(Br)c(OC)c([N+](=O)[O-])c1.COc1c(Br)cc(CO)cc1[N+](=O)[O-]. The molecule has 2 aromatic carbocycles. The number of benzene rings is 2. The van der Waals surface area contributed by atoms with Gasteiger partial charge in [-0.05, 0) is 55.1 Å². The van der Waals surface area contributed by atoms with Crippen LogP contribution in [0.4, 0.5) is 11.4 Å². The molecule has 0 heterocycles. The summed E-state index contributed by atoms with van der Waals surface area (Å²) in [5, 5.41) is 30.2. The smallest absolute Gasteiger partial charge is 0.312 e. The summed E-state index contributed by atoms with van der Waals surface area (Å²) in [7, 11) is 4.28. The first-order valence-electron chi connectivity index (χ1n) is 7.81. The van der Waals surface area contributed by atoms with E-state index in [4.69, 9.17) is 19.3 Å². The lowest BCUT2D eigenvalue weighted by Gasteiger charge is -2.06. The first-order chi connectivity index (χ1) is 13.7. The van der Waals surface area contributed by atoms with E-state index < -0.39 is 9.85 Å². The molecule has 0 bridgehead atoms. The fraction of sp³-hybridized carbons (Fsp3) is 0.294. The van der Waals surface area contributed by atoms with Crippen LogP contribution in [-0.2, 0) is 18.0 Å². The Morgan fingerprint density at radius 1 is 0.862 bits per heavy atom. The molecular formula is C17H18Br2N2O8. The molecule has 29 heavy (non-hydrogen) atoms. The normalized spacial score (nSPS) is 10.0. The minimum absolute atomic E-state index is 0.0704. The van der Waals surface area contributed by atoms with Crippen molar-refractivity contribution in [1.82, 2.24) is 0 Å². The van der Waals surface area contributed by atoms with Crippen molar-refractivity contribution in [2.24, 2.45) is 0 Å². The molecule has 0 aliphatic rings. The van der Waals surface area contributed by atoms with Gasteiger partial charge in [-0.15, -0.1) is 0 Å². The van der Waals surface area contributed by atoms with Gasteiger partial charge in [-0.1, -0.05) is 0 Å². The number of ether oxygens (including phenoxy) is 3. The largest absolute Gasteiger partial charge is 0.489 e. The van der Waals surface area contributed by atoms with Crippen LogP contribution in [0.15, 0.2) is 33.2 Å². The first kappa shape index (κ1) is 24.8. The number of nitro benzene ring substituents is 2. The Balaban J connectivity index is 0.000000291. The lowest BCUT2D eigenvalue weighted by Crippen LogP contribution is -1.97. The monoisotopic (exact) mass is 536 g/mol. The molecule has 0 unspecified atom stereocenters. The minimum Gasteiger partial charge on any atom is -0.489 e. The van der Waals surface area contributed by atoms with Crippen LogP contribution in [0.1, 0.15) is 11.1 Å². The maximum atomic E-state index is 10.8. The second-order valence-electron chi connectivity index (χ2n) is 5.37. The van der Waals surface area contributed by atoms with E-state index in [2.05, 4.69) is 31.9 Å². The van der Waals surface area contributed by atoms with Gasteiger partial charge in [0.15, 0.2) is 0 Å². The number of hydrogen-bond acceptors (Lipinski definition) is 8. The fourth-order valence-electron chi connectivity index (χ4n) is 2.28. The van der Waals surface area contributed by atoms with Crippen LogP contribution in [0.3, 0.4) is 0 Å². The van der Waals surface area contributed by atoms with Crippen LogP contribution in [-0.4, -0.2) is 36.3 Å². The number of nitro groups is 2. The molecule has 0 saturated carbocycles. The van der Waals surface area contributed by atoms with Crippen molar-refractivity contribution in [3.8, 4) is 11.5 Å². The third kappa shape index (κ3) is 6.63. The third-order valence-corrected chi connectivity index (χ3v) is 4.64. The molecule has 10 nitrogen and oxygen atoms in total. The standard InChI is InChI=1S/C9H10BrNO4.C8H8BrNO4/c1-14-5-6-3-7(10)9(15-2)8(4-6)11(12)13;1-14-8-6(9)2-5(4-11)3-7(8)10(12)13/h3-4H,5H2,1-2H3;2-3,11H,4H2,1H3. The predicted octanol–water partition coefficient (Wildman–Crippen LogP) is 4.37. The van der Waals surface area contributed by atoms with Crippen molar-refractivity contribution in [3.05, 3.63) is 64.6 Å². The van der Waals surface area contributed by atoms with Gasteiger partial charge in [-0.25, -0.2) is 0 Å². The van der Waals surface area contributed by atoms with E-state index in [0.717, 1.165) is 5.56 Å². The molecule has 0 atom stereocenters. The highest BCUT2D eigenvalue weighted by atomic mass is 79.9. The van der Waals surface area contributed by atoms with E-state index in [1.54, 1.807) is 12.1 Å². The Labute approximate surface area is 182 Å². The number of methoxy groups -OCH3 is 3. The summed E-state index contributed by atoms with van der Waals surface area (Å²) in [6, 6.07) is 6.03. The molecule has 2 aromatic rings. The van der Waals surface area contributed by atoms with E-state index in [9.17, 15) is 20.2 Å². The Kier molecular flexibility index (Phi) is 9.95. The molecular weight excluding hydrogens is 520 g/mol. The van der Waals surface area contributed by atoms with Gasteiger partial charge in [0.25, 0.3) is 0 Å². The Hall–Kier alpha value is -2.28. The van der Waals surface area contributed by atoms with E-state index in [1.165, 1.54) is 33.5 Å². The van der Waals surface area contributed by atoms with Crippen LogP contribution in [0.5, 0.6) is 11.5 Å². The highest BCUT2D eigenvalue weighted by Crippen LogP contribution is 2.37. The molecule has 1 N–H and O–H groups in total. The number of aliphatic hydroxyl groups excluding tert-OH is 1. The van der Waals surface area contributed by atoms with Gasteiger partial charge in [0.2, 0.25) is 11.5 Å². The number of rotatable bonds is 7. The van der Waals surface area contributed by atoms with E-state index >= 15 is 0 Å². The van der Waals surface area contributed by atoms with Crippen LogP contribution >= 0.6 is 31.9 Å². The second kappa shape index (κ2) is 11.7. The molecule has 0 saturated heterocycles. The molecule has 0 fully saturated rings. The van der Waals surface area contributed by atoms with Crippen molar-refractivity contribution in [3.63, 3.8) is 0 Å². The van der Waals surface area contributed by atoms with Gasteiger partial charge < -0.3 is 19.3 Å². The summed E-state index contributed by atoms with van der Waals surface area (Å²) in [5.41, 5.74) is 0.950. The van der Waals surface area contributed by atoms with E-state index in [1.807, 2.05) is 0 Å². The molecule has 158 valence electrons. The maximum absolute atomic E-state index is 10.8. The lowest BCUT2D eigenvalue weighted by atomic mass is 10.2. The highest BCUT2D eigenvalue weighted by Gasteiger charge is 2.20. The summed E-state index contributed by atoms with van der Waals surface area (Å²) < 4.78 is 15.7. The molecule has 0 aliphatic carbocycles. The molecule has 0 spiro atoms. The van der Waals surface area contributed by atoms with Gasteiger partial charge in [0.1, 0.15) is 0 Å². The first-order valence-corrected chi connectivity index (χ1v) is 9.40. The Morgan fingerprint density at radius 2 is 1.28 bits per heavy atom. The van der Waals surface area contributed by atoms with Crippen molar-refractivity contribution in [1.29, 1.82) is 0 Å². The summed E-state index contributed by atoms with van der Waals surface area (Å²) in [6.07, 6.45) is 0. The number of nitrogens with zero attached hydrogens (tertiary/aromatic N) is 2. The maximum Gasteiger partial charge on any atom is 0.312 e. The number of aliphatic hydroxyl groups is 1. The van der Waals surface area contributed by atoms with Crippen molar-refractivity contribution in [2.75, 3.05) is 21.3 Å². The Morgan fingerprint density at radius 3 is 1.62 bits per heavy atom. The summed E-state index contributed by atoms with van der Waals surface area (Å²) in [4.78, 5) is 20.3. The molecule has 2 rings (SSSR count). The average Bonchev–Trinajstić information content (AvgIpc) is 2.67. The van der Waals surface area contributed by atoms with Gasteiger partial charge in [-0.3, -0.25) is 20.2 Å². The second-order valence-corrected chi connectivity index (χ2v) is 7.07. The summed E-state index contributed by atoms with van der Waals surface area (Å²) in [6.45, 7) is 0.0763. The lowest BCUT2D eigenvalue weighted by molar-refractivity contribution is -0.386. The average molecular weight is 538 g/mol. The van der Waals surface area contributed by atoms with Crippen LogP contribution in [0, 0.1) is 20.2 Å². The summed E-state index contributed by atoms with van der Waals surface area (Å²) >= 11 is 6.34. The third-order valence-electron chi connectivity index (χ3n) is 3.46. The molecule has 0 aromatic heterocycles. The summed E-state index contributed by atoms with van der Waals surface area (Å²) in [5.74, 6) is 0.382. The van der Waals surface area contributed by atoms with Gasteiger partial charge in [-0.2, -0.15) is 0 Å². The minimum atomic E-state index is -0.553. The zero-order valence-corrected chi connectivity index (χ0v) is 18.9. The molecule has 12 heteroatoms. The van der Waals surface area contributed by atoms with Gasteiger partial charge in [0, 0.05) is 19.2 Å². The topological polar surface area (TPSA) is 134 Å². The van der Waals surface area contributed by atoms with Crippen LogP contribution in [0.2, 0.25) is 0 Å². The quantitative estimate of drug-likeness (QED) is 0.406.